The summed E-state index contributed by atoms with van der Waals surface area (Å²) in [6.45, 7) is 0. The van der Waals surface area contributed by atoms with E-state index in [0.29, 0.717) is 0 Å². The Bertz CT molecular complexity index is 3450. The fraction of sp³-hybridized carbons (Fsp3) is 0. The van der Waals surface area contributed by atoms with E-state index in [1.165, 1.54) is 95.9 Å². The van der Waals surface area contributed by atoms with Gasteiger partial charge in [0.15, 0.2) is 8.07 Å². The van der Waals surface area contributed by atoms with Crippen LogP contribution in [0.4, 0.5) is 0 Å². The minimum atomic E-state index is -2.97. The van der Waals surface area contributed by atoms with Gasteiger partial charge in [-0.05, 0) is 69.3 Å². The number of para-hydroxylation sites is 3. The van der Waals surface area contributed by atoms with Crippen LogP contribution >= 0.6 is 11.3 Å². The molecule has 0 spiro atoms. The normalized spacial score (nSPS) is 12.1. The van der Waals surface area contributed by atoms with Crippen molar-refractivity contribution in [3.05, 3.63) is 218 Å². The Labute approximate surface area is 341 Å². The number of nitrogens with zero attached hydrogens (tertiary/aromatic N) is 2. The van der Waals surface area contributed by atoms with Crippen molar-refractivity contribution in [1.29, 1.82) is 0 Å². The predicted octanol–water partition coefficient (Wildman–Crippen LogP) is 11.6. The summed E-state index contributed by atoms with van der Waals surface area (Å²) >= 11 is 1.90. The maximum Gasteiger partial charge on any atom is 0.180 e. The lowest BCUT2D eigenvalue weighted by Crippen LogP contribution is -2.74. The van der Waals surface area contributed by atoms with E-state index in [0.717, 1.165) is 0 Å². The number of rotatable bonds is 6. The molecule has 0 aliphatic rings. The summed E-state index contributed by atoms with van der Waals surface area (Å²) in [5.41, 5.74) is 7.28. The lowest BCUT2D eigenvalue weighted by molar-refractivity contribution is 1.18. The molecule has 0 unspecified atom stereocenters. The van der Waals surface area contributed by atoms with E-state index >= 15 is 0 Å². The van der Waals surface area contributed by atoms with Crippen molar-refractivity contribution in [1.82, 2.24) is 9.13 Å². The van der Waals surface area contributed by atoms with E-state index in [2.05, 4.69) is 228 Å². The summed E-state index contributed by atoms with van der Waals surface area (Å²) in [4.78, 5) is 0. The molecule has 0 radical (unpaired) electrons. The van der Waals surface area contributed by atoms with E-state index in [9.17, 15) is 0 Å². The van der Waals surface area contributed by atoms with Crippen LogP contribution in [0.25, 0.3) is 75.2 Å². The second kappa shape index (κ2) is 13.0. The van der Waals surface area contributed by atoms with E-state index in [4.69, 9.17) is 0 Å². The van der Waals surface area contributed by atoms with E-state index in [1.54, 1.807) is 0 Å². The zero-order valence-corrected chi connectivity index (χ0v) is 33.4. The molecule has 12 rings (SSSR count). The number of benzene rings is 9. The standard InChI is InChI=1S/C54H36N2SSi/c1-4-17-37(18-5-1)55-48-27-14-11-25-46(48)52-49(55)28-16-30-51(52)58(39-19-6-2-7-20-39,40-21-8-3-9-22-40)41-33-31-38(32-34-41)56-47-26-13-10-23-42(47)44-35-36-45-43-24-12-15-29-50(43)57-54(45)53(44)56/h1-36H. The summed E-state index contributed by atoms with van der Waals surface area (Å²) in [5, 5.41) is 13.3. The molecule has 272 valence electrons. The Morgan fingerprint density at radius 2 is 0.845 bits per heavy atom. The van der Waals surface area contributed by atoms with Crippen LogP contribution in [-0.4, -0.2) is 17.2 Å². The molecular weight excluding hydrogens is 737 g/mol. The van der Waals surface area contributed by atoms with Crippen molar-refractivity contribution >= 4 is 104 Å². The highest BCUT2D eigenvalue weighted by Crippen LogP contribution is 2.43. The quantitative estimate of drug-likeness (QED) is 0.118. The fourth-order valence-corrected chi connectivity index (χ4v) is 16.1. The molecule has 12 aromatic rings. The van der Waals surface area contributed by atoms with Crippen molar-refractivity contribution < 1.29 is 0 Å². The third-order valence-electron chi connectivity index (χ3n) is 12.3. The maximum atomic E-state index is 2.51. The molecule has 0 saturated carbocycles. The first-order valence-electron chi connectivity index (χ1n) is 19.9. The van der Waals surface area contributed by atoms with Crippen molar-refractivity contribution in [2.24, 2.45) is 0 Å². The number of thiophene rings is 1. The SMILES string of the molecule is c1ccc(-n2c3ccccc3c3c([Si](c4ccccc4)(c4ccccc4)c4ccc(-n5c6ccccc6c6ccc7c8ccccc8sc7c65)cc4)cccc32)cc1. The number of fused-ring (bicyclic) bond motifs is 10. The van der Waals surface area contributed by atoms with Gasteiger partial charge in [0.1, 0.15) is 0 Å². The van der Waals surface area contributed by atoms with Crippen LogP contribution in [0.5, 0.6) is 0 Å². The summed E-state index contributed by atoms with van der Waals surface area (Å²) in [6, 6.07) is 81.4. The Morgan fingerprint density at radius 3 is 1.55 bits per heavy atom. The van der Waals surface area contributed by atoms with Gasteiger partial charge in [-0.2, -0.15) is 0 Å². The van der Waals surface area contributed by atoms with Gasteiger partial charge in [-0.1, -0.05) is 170 Å². The molecule has 0 N–H and O–H groups in total. The van der Waals surface area contributed by atoms with Gasteiger partial charge in [-0.3, -0.25) is 0 Å². The zero-order valence-electron chi connectivity index (χ0n) is 31.6. The third kappa shape index (κ3) is 4.70. The summed E-state index contributed by atoms with van der Waals surface area (Å²) < 4.78 is 7.61. The minimum absolute atomic E-state index is 1.17. The van der Waals surface area contributed by atoms with Crippen LogP contribution in [-0.2, 0) is 0 Å². The molecule has 3 aromatic heterocycles. The molecule has 0 atom stereocenters. The Hall–Kier alpha value is -6.98. The van der Waals surface area contributed by atoms with E-state index in [1.807, 2.05) is 11.3 Å². The van der Waals surface area contributed by atoms with Crippen molar-refractivity contribution in [2.75, 3.05) is 0 Å². The van der Waals surface area contributed by atoms with Gasteiger partial charge in [0, 0.05) is 48.4 Å². The van der Waals surface area contributed by atoms with Crippen molar-refractivity contribution in [3.63, 3.8) is 0 Å². The molecule has 0 saturated heterocycles. The highest BCUT2D eigenvalue weighted by molar-refractivity contribution is 7.26. The van der Waals surface area contributed by atoms with Crippen LogP contribution < -0.4 is 20.7 Å². The van der Waals surface area contributed by atoms with Gasteiger partial charge in [-0.25, -0.2) is 0 Å². The predicted molar refractivity (Wildman–Crippen MR) is 252 cm³/mol. The van der Waals surface area contributed by atoms with Crippen LogP contribution in [0.2, 0.25) is 0 Å². The monoisotopic (exact) mass is 772 g/mol. The average molecular weight is 773 g/mol. The third-order valence-corrected chi connectivity index (χ3v) is 18.3. The topological polar surface area (TPSA) is 9.86 Å². The van der Waals surface area contributed by atoms with Crippen LogP contribution in [0.15, 0.2) is 218 Å². The van der Waals surface area contributed by atoms with Crippen molar-refractivity contribution in [2.45, 2.75) is 0 Å². The molecule has 0 bridgehead atoms. The Morgan fingerprint density at radius 1 is 0.328 bits per heavy atom. The molecule has 3 heterocycles. The highest BCUT2D eigenvalue weighted by Gasteiger charge is 2.43. The number of aromatic nitrogens is 2. The molecular formula is C54H36N2SSi. The van der Waals surface area contributed by atoms with Gasteiger partial charge in [0.05, 0.1) is 26.8 Å². The second-order valence-electron chi connectivity index (χ2n) is 15.2. The van der Waals surface area contributed by atoms with E-state index < -0.39 is 8.07 Å². The van der Waals surface area contributed by atoms with Gasteiger partial charge in [0.25, 0.3) is 0 Å². The highest BCUT2D eigenvalue weighted by atomic mass is 32.1. The second-order valence-corrected chi connectivity index (χ2v) is 20.0. The molecule has 4 heteroatoms. The summed E-state index contributed by atoms with van der Waals surface area (Å²) in [5.74, 6) is 0. The molecule has 0 aliphatic heterocycles. The Kier molecular flexibility index (Phi) is 7.46. The van der Waals surface area contributed by atoms with Gasteiger partial charge in [-0.15, -0.1) is 11.3 Å². The molecule has 9 aromatic carbocycles. The molecule has 0 fully saturated rings. The largest absolute Gasteiger partial charge is 0.309 e. The van der Waals surface area contributed by atoms with Crippen LogP contribution in [0, 0.1) is 0 Å². The molecule has 0 aliphatic carbocycles. The summed E-state index contributed by atoms with van der Waals surface area (Å²) in [6.07, 6.45) is 0. The lowest BCUT2D eigenvalue weighted by Gasteiger charge is -2.35. The van der Waals surface area contributed by atoms with Crippen molar-refractivity contribution in [3.8, 4) is 11.4 Å². The maximum absolute atomic E-state index is 2.97. The van der Waals surface area contributed by atoms with Gasteiger partial charge in [0.2, 0.25) is 0 Å². The first kappa shape index (κ1) is 33.2. The minimum Gasteiger partial charge on any atom is -0.309 e. The van der Waals surface area contributed by atoms with E-state index in [-0.39, 0.29) is 0 Å². The van der Waals surface area contributed by atoms with Gasteiger partial charge >= 0.3 is 0 Å². The molecule has 0 amide bonds. The zero-order chi connectivity index (χ0) is 38.2. The number of hydrogen-bond acceptors (Lipinski definition) is 1. The lowest BCUT2D eigenvalue weighted by atomic mass is 10.1. The Balaban J connectivity index is 1.17. The first-order chi connectivity index (χ1) is 28.8. The fourth-order valence-electron chi connectivity index (χ4n) is 9.89. The molecule has 58 heavy (non-hydrogen) atoms. The molecule has 2 nitrogen and oxygen atoms in total. The smallest absolute Gasteiger partial charge is 0.180 e. The van der Waals surface area contributed by atoms with Gasteiger partial charge < -0.3 is 9.13 Å². The first-order valence-corrected chi connectivity index (χ1v) is 22.8. The average Bonchev–Trinajstić information content (AvgIpc) is 3.96. The number of hydrogen-bond donors (Lipinski definition) is 0. The summed E-state index contributed by atoms with van der Waals surface area (Å²) in [7, 11) is -2.97. The van der Waals surface area contributed by atoms with Crippen LogP contribution in [0.3, 0.4) is 0 Å². The van der Waals surface area contributed by atoms with Crippen LogP contribution in [0.1, 0.15) is 0 Å².